The summed E-state index contributed by atoms with van der Waals surface area (Å²) >= 11 is 0. The Morgan fingerprint density at radius 3 is 2.53 bits per heavy atom. The van der Waals surface area contributed by atoms with Gasteiger partial charge >= 0.3 is 12.1 Å². The van der Waals surface area contributed by atoms with Gasteiger partial charge in [-0.05, 0) is 12.8 Å². The molecule has 2 rings (SSSR count). The Hall–Kier alpha value is -1.79. The number of nitrogens with zero attached hydrogens (tertiary/aromatic N) is 1. The standard InChI is InChI=1S/C8H10N2O5/c11-6-4-2-1-3(10(4)8(14)15)5(9-6)7(12)13/h3-5H,1-2H2,(H,9,11)(H,12,13)(H,14,15)/t3-,4+,5-/m0/s1. The highest BCUT2D eigenvalue weighted by Gasteiger charge is 2.51. The summed E-state index contributed by atoms with van der Waals surface area (Å²) in [6.07, 6.45) is -0.428. The number of carbonyl (C=O) groups is 3. The van der Waals surface area contributed by atoms with Gasteiger partial charge in [0.05, 0.1) is 6.04 Å². The highest BCUT2D eigenvalue weighted by atomic mass is 16.4. The zero-order valence-electron chi connectivity index (χ0n) is 7.71. The van der Waals surface area contributed by atoms with E-state index >= 15 is 0 Å². The van der Waals surface area contributed by atoms with Crippen molar-refractivity contribution in [3.63, 3.8) is 0 Å². The van der Waals surface area contributed by atoms with Gasteiger partial charge in [0.2, 0.25) is 5.91 Å². The van der Waals surface area contributed by atoms with Crippen molar-refractivity contribution in [3.8, 4) is 0 Å². The van der Waals surface area contributed by atoms with Crippen LogP contribution in [0.2, 0.25) is 0 Å². The number of nitrogens with one attached hydrogen (secondary N) is 1. The molecule has 2 aliphatic rings. The molecule has 0 aliphatic carbocycles. The number of carbonyl (C=O) groups excluding carboxylic acids is 1. The van der Waals surface area contributed by atoms with E-state index in [0.717, 1.165) is 4.90 Å². The minimum atomic E-state index is -1.23. The number of amides is 2. The molecule has 0 spiro atoms. The molecule has 0 aromatic rings. The van der Waals surface area contributed by atoms with Gasteiger partial charge in [-0.15, -0.1) is 0 Å². The SMILES string of the molecule is O=C(O)[C@H]1NC(=O)[C@H]2CC[C@@H]1N2C(=O)O. The van der Waals surface area contributed by atoms with Crippen molar-refractivity contribution in [1.29, 1.82) is 0 Å². The predicted octanol–water partition coefficient (Wildman–Crippen LogP) is -0.920. The molecule has 2 amide bonds. The molecule has 3 N–H and O–H groups in total. The molecule has 7 heteroatoms. The molecule has 2 bridgehead atoms. The van der Waals surface area contributed by atoms with Gasteiger partial charge in [-0.25, -0.2) is 9.59 Å². The van der Waals surface area contributed by atoms with Crippen LogP contribution in [0.15, 0.2) is 0 Å². The zero-order chi connectivity index (χ0) is 11.2. The molecular weight excluding hydrogens is 204 g/mol. The van der Waals surface area contributed by atoms with Crippen molar-refractivity contribution >= 4 is 18.0 Å². The van der Waals surface area contributed by atoms with Crippen LogP contribution in [-0.4, -0.2) is 51.2 Å². The average Bonchev–Trinajstić information content (AvgIpc) is 2.50. The molecule has 0 radical (unpaired) electrons. The Morgan fingerprint density at radius 1 is 1.33 bits per heavy atom. The average molecular weight is 214 g/mol. The van der Waals surface area contributed by atoms with E-state index in [9.17, 15) is 14.4 Å². The third-order valence-electron chi connectivity index (χ3n) is 2.90. The fourth-order valence-corrected chi connectivity index (χ4v) is 2.27. The van der Waals surface area contributed by atoms with Gasteiger partial charge in [0, 0.05) is 0 Å². The largest absolute Gasteiger partial charge is 0.480 e. The van der Waals surface area contributed by atoms with Crippen LogP contribution in [0.5, 0.6) is 0 Å². The maximum atomic E-state index is 11.4. The lowest BCUT2D eigenvalue weighted by Gasteiger charge is -2.35. The van der Waals surface area contributed by atoms with E-state index in [-0.39, 0.29) is 0 Å². The summed E-state index contributed by atoms with van der Waals surface area (Å²) in [6.45, 7) is 0. The summed E-state index contributed by atoms with van der Waals surface area (Å²) in [5.74, 6) is -1.71. The first-order chi connectivity index (χ1) is 7.02. The van der Waals surface area contributed by atoms with Crippen molar-refractivity contribution < 1.29 is 24.6 Å². The Labute approximate surface area is 84.7 Å². The molecule has 2 fully saturated rings. The molecule has 15 heavy (non-hydrogen) atoms. The first-order valence-electron chi connectivity index (χ1n) is 4.57. The van der Waals surface area contributed by atoms with Gasteiger partial charge in [0.25, 0.3) is 0 Å². The van der Waals surface area contributed by atoms with Crippen LogP contribution >= 0.6 is 0 Å². The first-order valence-corrected chi connectivity index (χ1v) is 4.57. The minimum absolute atomic E-state index is 0.395. The summed E-state index contributed by atoms with van der Waals surface area (Å²) < 4.78 is 0. The fourth-order valence-electron chi connectivity index (χ4n) is 2.27. The monoisotopic (exact) mass is 214 g/mol. The highest BCUT2D eigenvalue weighted by Crippen LogP contribution is 2.30. The van der Waals surface area contributed by atoms with Gasteiger partial charge in [-0.1, -0.05) is 0 Å². The van der Waals surface area contributed by atoms with E-state index in [2.05, 4.69) is 5.32 Å². The third-order valence-corrected chi connectivity index (χ3v) is 2.90. The second-order valence-corrected chi connectivity index (χ2v) is 3.67. The van der Waals surface area contributed by atoms with Crippen LogP contribution in [0, 0.1) is 0 Å². The summed E-state index contributed by atoms with van der Waals surface area (Å²) in [5.41, 5.74) is 0. The lowest BCUT2D eigenvalue weighted by atomic mass is 10.1. The van der Waals surface area contributed by atoms with Crippen molar-refractivity contribution in [2.75, 3.05) is 0 Å². The molecular formula is C8H10N2O5. The van der Waals surface area contributed by atoms with E-state index in [1.807, 2.05) is 0 Å². The quantitative estimate of drug-likeness (QED) is 0.523. The van der Waals surface area contributed by atoms with Crippen molar-refractivity contribution in [1.82, 2.24) is 10.2 Å². The molecule has 2 saturated heterocycles. The topological polar surface area (TPSA) is 107 Å². The Bertz CT molecular complexity index is 342. The van der Waals surface area contributed by atoms with Crippen molar-refractivity contribution in [3.05, 3.63) is 0 Å². The van der Waals surface area contributed by atoms with Crippen LogP contribution in [-0.2, 0) is 9.59 Å². The van der Waals surface area contributed by atoms with Crippen LogP contribution in [0.1, 0.15) is 12.8 Å². The maximum absolute atomic E-state index is 11.4. The number of hydrogen-bond acceptors (Lipinski definition) is 3. The Balaban J connectivity index is 2.32. The summed E-state index contributed by atoms with van der Waals surface area (Å²) in [6, 6.07) is -2.47. The minimum Gasteiger partial charge on any atom is -0.480 e. The first kappa shape index (κ1) is 9.75. The number of carboxylic acids is 1. The number of aliphatic carboxylic acids is 1. The molecule has 0 aromatic heterocycles. The zero-order valence-corrected chi connectivity index (χ0v) is 7.71. The Morgan fingerprint density at radius 2 is 2.00 bits per heavy atom. The van der Waals surface area contributed by atoms with Crippen molar-refractivity contribution in [2.45, 2.75) is 31.0 Å². The molecule has 2 aliphatic heterocycles. The smallest absolute Gasteiger partial charge is 0.408 e. The van der Waals surface area contributed by atoms with Crippen LogP contribution in [0.4, 0.5) is 4.79 Å². The number of rotatable bonds is 1. The van der Waals surface area contributed by atoms with E-state index in [4.69, 9.17) is 10.2 Å². The molecule has 82 valence electrons. The van der Waals surface area contributed by atoms with Gasteiger partial charge in [-0.2, -0.15) is 0 Å². The summed E-state index contributed by atoms with van der Waals surface area (Å²) in [5, 5.41) is 20.0. The fraction of sp³-hybridized carbons (Fsp3) is 0.625. The lowest BCUT2D eigenvalue weighted by Crippen LogP contribution is -2.64. The molecule has 3 atom stereocenters. The van der Waals surface area contributed by atoms with E-state index in [0.29, 0.717) is 12.8 Å². The maximum Gasteiger partial charge on any atom is 0.408 e. The molecule has 0 saturated carbocycles. The number of piperazine rings is 1. The molecule has 2 heterocycles. The van der Waals surface area contributed by atoms with Crippen LogP contribution in [0.25, 0.3) is 0 Å². The van der Waals surface area contributed by atoms with E-state index in [1.54, 1.807) is 0 Å². The van der Waals surface area contributed by atoms with Gasteiger partial charge in [0.1, 0.15) is 12.1 Å². The predicted molar refractivity (Wildman–Crippen MR) is 46.2 cm³/mol. The molecule has 7 nitrogen and oxygen atoms in total. The highest BCUT2D eigenvalue weighted by molar-refractivity contribution is 5.92. The van der Waals surface area contributed by atoms with Gasteiger partial charge < -0.3 is 15.5 Å². The van der Waals surface area contributed by atoms with Gasteiger partial charge in [-0.3, -0.25) is 9.69 Å². The summed E-state index contributed by atoms with van der Waals surface area (Å²) in [7, 11) is 0. The summed E-state index contributed by atoms with van der Waals surface area (Å²) in [4.78, 5) is 34.1. The molecule has 0 unspecified atom stereocenters. The van der Waals surface area contributed by atoms with E-state index in [1.165, 1.54) is 0 Å². The van der Waals surface area contributed by atoms with Gasteiger partial charge in [0.15, 0.2) is 0 Å². The molecule has 0 aromatic carbocycles. The number of hydrogen-bond donors (Lipinski definition) is 3. The third kappa shape index (κ3) is 1.31. The Kier molecular flexibility index (Phi) is 2.02. The second kappa shape index (κ2) is 3.11. The number of carboxylic acid groups (broad SMARTS) is 2. The van der Waals surface area contributed by atoms with E-state index < -0.39 is 36.1 Å². The number of fused-ring (bicyclic) bond motifs is 2. The van der Waals surface area contributed by atoms with Crippen molar-refractivity contribution in [2.24, 2.45) is 0 Å². The van der Waals surface area contributed by atoms with Crippen LogP contribution < -0.4 is 5.32 Å². The second-order valence-electron chi connectivity index (χ2n) is 3.67. The normalized spacial score (nSPS) is 33.7. The lowest BCUT2D eigenvalue weighted by molar-refractivity contribution is -0.146. The van der Waals surface area contributed by atoms with Crippen LogP contribution in [0.3, 0.4) is 0 Å².